The molecule has 0 aliphatic heterocycles. The van der Waals surface area contributed by atoms with E-state index in [0.29, 0.717) is 16.9 Å². The van der Waals surface area contributed by atoms with Crippen molar-refractivity contribution in [2.45, 2.75) is 13.8 Å². The molecule has 4 N–H and O–H groups in total. The topological polar surface area (TPSA) is 75.3 Å². The van der Waals surface area contributed by atoms with Gasteiger partial charge in [-0.2, -0.15) is 0 Å². The zero-order valence-corrected chi connectivity index (χ0v) is 7.59. The van der Waals surface area contributed by atoms with E-state index in [9.17, 15) is 9.90 Å². The summed E-state index contributed by atoms with van der Waals surface area (Å²) in [6.07, 6.45) is 0. The first kappa shape index (κ1) is 9.38. The quantitative estimate of drug-likeness (QED) is 0.346. The Hall–Kier alpha value is -1.71. The highest BCUT2D eigenvalue weighted by atomic mass is 16.3. The second kappa shape index (κ2) is 3.35. The second-order valence-electron chi connectivity index (χ2n) is 2.85. The molecule has 0 atom stereocenters. The van der Waals surface area contributed by atoms with Crippen molar-refractivity contribution >= 4 is 17.3 Å². The molecule has 0 aliphatic rings. The van der Waals surface area contributed by atoms with Crippen molar-refractivity contribution in [1.29, 1.82) is 0 Å². The van der Waals surface area contributed by atoms with Crippen LogP contribution in [0.15, 0.2) is 12.1 Å². The summed E-state index contributed by atoms with van der Waals surface area (Å²) in [7, 11) is 0. The van der Waals surface area contributed by atoms with Crippen LogP contribution in [0.4, 0.5) is 11.4 Å². The van der Waals surface area contributed by atoms with E-state index in [1.54, 1.807) is 13.0 Å². The van der Waals surface area contributed by atoms with Gasteiger partial charge in [0, 0.05) is 12.6 Å². The number of anilines is 2. The van der Waals surface area contributed by atoms with E-state index in [-0.39, 0.29) is 11.7 Å². The van der Waals surface area contributed by atoms with E-state index in [4.69, 9.17) is 5.73 Å². The third-order valence-electron chi connectivity index (χ3n) is 1.80. The van der Waals surface area contributed by atoms with Crippen molar-refractivity contribution < 1.29 is 9.90 Å². The van der Waals surface area contributed by atoms with Gasteiger partial charge in [0.15, 0.2) is 0 Å². The minimum Gasteiger partial charge on any atom is -0.506 e. The maximum absolute atomic E-state index is 10.7. The van der Waals surface area contributed by atoms with Gasteiger partial charge >= 0.3 is 0 Å². The number of benzene rings is 1. The fraction of sp³-hybridized carbons (Fsp3) is 0.222. The SMILES string of the molecule is CC(=O)Nc1ccc(O)c(N)c1C. The maximum Gasteiger partial charge on any atom is 0.221 e. The van der Waals surface area contributed by atoms with Gasteiger partial charge in [-0.1, -0.05) is 0 Å². The predicted octanol–water partition coefficient (Wildman–Crippen LogP) is 1.24. The van der Waals surface area contributed by atoms with Gasteiger partial charge in [0.2, 0.25) is 5.91 Å². The number of hydrogen-bond acceptors (Lipinski definition) is 3. The molecule has 1 aromatic rings. The Kier molecular flexibility index (Phi) is 2.41. The standard InChI is InChI=1S/C9H12N2O2/c1-5-7(11-6(2)12)3-4-8(13)9(5)10/h3-4,13H,10H2,1-2H3,(H,11,12). The van der Waals surface area contributed by atoms with Crippen LogP contribution < -0.4 is 11.1 Å². The molecule has 0 saturated heterocycles. The molecule has 0 fully saturated rings. The smallest absolute Gasteiger partial charge is 0.221 e. The van der Waals surface area contributed by atoms with Crippen molar-refractivity contribution in [3.05, 3.63) is 17.7 Å². The van der Waals surface area contributed by atoms with Crippen LogP contribution in [0.1, 0.15) is 12.5 Å². The summed E-state index contributed by atoms with van der Waals surface area (Å²) in [5.41, 5.74) is 7.16. The van der Waals surface area contributed by atoms with Gasteiger partial charge < -0.3 is 16.2 Å². The van der Waals surface area contributed by atoms with Crippen LogP contribution in [0.3, 0.4) is 0 Å². The van der Waals surface area contributed by atoms with Crippen molar-refractivity contribution in [2.75, 3.05) is 11.1 Å². The van der Waals surface area contributed by atoms with Crippen LogP contribution in [-0.4, -0.2) is 11.0 Å². The summed E-state index contributed by atoms with van der Waals surface area (Å²) in [5, 5.41) is 11.8. The highest BCUT2D eigenvalue weighted by Crippen LogP contribution is 2.29. The van der Waals surface area contributed by atoms with Gasteiger partial charge in [0.25, 0.3) is 0 Å². The number of aromatic hydroxyl groups is 1. The van der Waals surface area contributed by atoms with Crippen LogP contribution in [-0.2, 0) is 4.79 Å². The van der Waals surface area contributed by atoms with Gasteiger partial charge in [-0.05, 0) is 24.6 Å². The van der Waals surface area contributed by atoms with Crippen LogP contribution in [0.25, 0.3) is 0 Å². The largest absolute Gasteiger partial charge is 0.506 e. The number of carbonyl (C=O) groups is 1. The van der Waals surface area contributed by atoms with Gasteiger partial charge in [0.05, 0.1) is 5.69 Å². The predicted molar refractivity (Wildman–Crippen MR) is 51.6 cm³/mol. The molecule has 4 heteroatoms. The van der Waals surface area contributed by atoms with Crippen molar-refractivity contribution in [2.24, 2.45) is 0 Å². The zero-order chi connectivity index (χ0) is 10.0. The van der Waals surface area contributed by atoms with E-state index in [2.05, 4.69) is 5.32 Å². The molecule has 1 amide bonds. The van der Waals surface area contributed by atoms with Gasteiger partial charge in [0.1, 0.15) is 5.75 Å². The monoisotopic (exact) mass is 180 g/mol. The van der Waals surface area contributed by atoms with Gasteiger partial charge in [-0.15, -0.1) is 0 Å². The minimum absolute atomic E-state index is 0.0339. The van der Waals surface area contributed by atoms with E-state index in [0.717, 1.165) is 0 Å². The number of phenols is 1. The van der Waals surface area contributed by atoms with Crippen molar-refractivity contribution in [3.63, 3.8) is 0 Å². The van der Waals surface area contributed by atoms with Crippen LogP contribution >= 0.6 is 0 Å². The van der Waals surface area contributed by atoms with E-state index in [1.165, 1.54) is 13.0 Å². The summed E-state index contributed by atoms with van der Waals surface area (Å²) < 4.78 is 0. The Balaban J connectivity index is 3.10. The van der Waals surface area contributed by atoms with Crippen molar-refractivity contribution in [1.82, 2.24) is 0 Å². The van der Waals surface area contributed by atoms with E-state index < -0.39 is 0 Å². The summed E-state index contributed by atoms with van der Waals surface area (Å²) in [4.78, 5) is 10.7. The molecule has 4 nitrogen and oxygen atoms in total. The summed E-state index contributed by atoms with van der Waals surface area (Å²) in [6, 6.07) is 3.07. The number of phenolic OH excluding ortho intramolecular Hbond substituents is 1. The van der Waals surface area contributed by atoms with Crippen LogP contribution in [0.2, 0.25) is 0 Å². The average Bonchev–Trinajstić information content (AvgIpc) is 2.06. The highest BCUT2D eigenvalue weighted by molar-refractivity contribution is 5.91. The molecule has 0 heterocycles. The fourth-order valence-electron chi connectivity index (χ4n) is 1.04. The van der Waals surface area contributed by atoms with Gasteiger partial charge in [-0.3, -0.25) is 4.79 Å². The van der Waals surface area contributed by atoms with Gasteiger partial charge in [-0.25, -0.2) is 0 Å². The zero-order valence-electron chi connectivity index (χ0n) is 7.59. The molecule has 0 aliphatic carbocycles. The molecule has 13 heavy (non-hydrogen) atoms. The number of carbonyl (C=O) groups excluding carboxylic acids is 1. The molecule has 0 spiro atoms. The minimum atomic E-state index is -0.159. The highest BCUT2D eigenvalue weighted by Gasteiger charge is 2.06. The molecule has 0 radical (unpaired) electrons. The number of nitrogens with one attached hydrogen (secondary N) is 1. The number of hydrogen-bond donors (Lipinski definition) is 3. The van der Waals surface area contributed by atoms with Crippen LogP contribution in [0, 0.1) is 6.92 Å². The number of nitrogens with two attached hydrogens (primary N) is 1. The van der Waals surface area contributed by atoms with E-state index in [1.807, 2.05) is 0 Å². The Labute approximate surface area is 76.4 Å². The third kappa shape index (κ3) is 1.90. The first-order chi connectivity index (χ1) is 6.02. The Morgan fingerprint density at radius 3 is 2.69 bits per heavy atom. The summed E-state index contributed by atoms with van der Waals surface area (Å²) in [6.45, 7) is 3.16. The average molecular weight is 180 g/mol. The molecule has 0 aromatic heterocycles. The first-order valence-electron chi connectivity index (χ1n) is 3.88. The Morgan fingerprint density at radius 1 is 1.54 bits per heavy atom. The molecule has 0 saturated carbocycles. The fourth-order valence-corrected chi connectivity index (χ4v) is 1.04. The molecular weight excluding hydrogens is 168 g/mol. The number of nitrogen functional groups attached to an aromatic ring is 1. The number of rotatable bonds is 1. The molecule has 1 rings (SSSR count). The molecular formula is C9H12N2O2. The summed E-state index contributed by atoms with van der Waals surface area (Å²) in [5.74, 6) is -0.125. The lowest BCUT2D eigenvalue weighted by molar-refractivity contribution is -0.114. The lowest BCUT2D eigenvalue weighted by Gasteiger charge is -2.09. The normalized spacial score (nSPS) is 9.69. The lowest BCUT2D eigenvalue weighted by Crippen LogP contribution is -2.08. The van der Waals surface area contributed by atoms with Crippen molar-refractivity contribution in [3.8, 4) is 5.75 Å². The molecule has 70 valence electrons. The maximum atomic E-state index is 10.7. The first-order valence-corrected chi connectivity index (χ1v) is 3.88. The van der Waals surface area contributed by atoms with Crippen LogP contribution in [0.5, 0.6) is 5.75 Å². The molecule has 0 bridgehead atoms. The van der Waals surface area contributed by atoms with E-state index >= 15 is 0 Å². The second-order valence-corrected chi connectivity index (χ2v) is 2.85. The lowest BCUT2D eigenvalue weighted by atomic mass is 10.1. The third-order valence-corrected chi connectivity index (χ3v) is 1.80. The Bertz CT molecular complexity index is 348. The molecule has 0 unspecified atom stereocenters. The summed E-state index contributed by atoms with van der Waals surface area (Å²) >= 11 is 0. The molecule has 1 aromatic carbocycles. The number of amides is 1. The Morgan fingerprint density at radius 2 is 2.15 bits per heavy atom.